The van der Waals surface area contributed by atoms with Gasteiger partial charge in [0, 0.05) is 50.2 Å². The van der Waals surface area contributed by atoms with Crippen molar-refractivity contribution in [3.05, 3.63) is 65.2 Å². The molecule has 2 N–H and O–H groups in total. The van der Waals surface area contributed by atoms with Crippen molar-refractivity contribution in [2.75, 3.05) is 57.1 Å². The van der Waals surface area contributed by atoms with E-state index in [1.165, 1.54) is 5.56 Å². The molecule has 2 aliphatic heterocycles. The van der Waals surface area contributed by atoms with E-state index in [0.717, 1.165) is 95.5 Å². The van der Waals surface area contributed by atoms with Gasteiger partial charge in [-0.1, -0.05) is 30.3 Å². The summed E-state index contributed by atoms with van der Waals surface area (Å²) in [4.78, 5) is 15.3. The van der Waals surface area contributed by atoms with Gasteiger partial charge in [0.2, 0.25) is 5.95 Å². The topological polar surface area (TPSA) is 83.1 Å². The zero-order chi connectivity index (χ0) is 27.6. The molecular formula is C31H37N7OS. The summed E-state index contributed by atoms with van der Waals surface area (Å²) in [5.41, 5.74) is 11.7. The fourth-order valence-corrected chi connectivity index (χ4v) is 6.72. The molecule has 4 heterocycles. The molecule has 6 rings (SSSR count). The SMILES string of the molecule is Cc1cc(-c2cc3nc(N)nc(N4N=CCC4c4ccccc4)c3s2)cc(C)c1OCCCN1CCN(C)CC1. The Morgan fingerprint density at radius 1 is 1.00 bits per heavy atom. The molecular weight excluding hydrogens is 518 g/mol. The van der Waals surface area contributed by atoms with Crippen LogP contribution in [0.2, 0.25) is 0 Å². The number of ether oxygens (including phenoxy) is 1. The number of piperazine rings is 1. The van der Waals surface area contributed by atoms with Crippen LogP contribution in [-0.2, 0) is 0 Å². The van der Waals surface area contributed by atoms with Gasteiger partial charge in [-0.05, 0) is 67.8 Å². The standard InChI is InChI=1S/C31H37N7OS/c1-21-18-24(19-22(2)28(21)39-17-7-12-37-15-13-36(3)14-16-37)27-20-25-29(40-27)30(35-31(32)34-25)38-26(10-11-33-38)23-8-5-4-6-9-23/h4-6,8-9,11,18-20,26H,7,10,12-17H2,1-3H3,(H2,32,34,35). The highest BCUT2D eigenvalue weighted by Gasteiger charge is 2.28. The highest BCUT2D eigenvalue weighted by atomic mass is 32.1. The van der Waals surface area contributed by atoms with Crippen LogP contribution < -0.4 is 15.5 Å². The van der Waals surface area contributed by atoms with Gasteiger partial charge in [-0.15, -0.1) is 11.3 Å². The molecule has 1 saturated heterocycles. The van der Waals surface area contributed by atoms with Crippen LogP contribution in [0.25, 0.3) is 20.7 Å². The summed E-state index contributed by atoms with van der Waals surface area (Å²) in [6.45, 7) is 10.7. The van der Waals surface area contributed by atoms with E-state index in [9.17, 15) is 0 Å². The molecule has 0 aliphatic carbocycles. The quantitative estimate of drug-likeness (QED) is 0.287. The minimum absolute atomic E-state index is 0.0847. The van der Waals surface area contributed by atoms with Crippen molar-refractivity contribution in [1.82, 2.24) is 19.8 Å². The maximum absolute atomic E-state index is 6.29. The number of benzene rings is 2. The average Bonchev–Trinajstić information content (AvgIpc) is 3.61. The Bertz CT molecular complexity index is 1490. The number of hydrogen-bond donors (Lipinski definition) is 1. The molecule has 40 heavy (non-hydrogen) atoms. The van der Waals surface area contributed by atoms with Crippen molar-refractivity contribution in [1.29, 1.82) is 0 Å². The number of nitrogens with two attached hydrogens (primary N) is 1. The number of rotatable bonds is 8. The van der Waals surface area contributed by atoms with Crippen LogP contribution in [0.5, 0.6) is 5.75 Å². The van der Waals surface area contributed by atoms with Crippen molar-refractivity contribution in [2.45, 2.75) is 32.7 Å². The Kier molecular flexibility index (Phi) is 7.69. The Balaban J connectivity index is 1.21. The lowest BCUT2D eigenvalue weighted by Gasteiger charge is -2.32. The molecule has 2 aromatic carbocycles. The molecule has 0 spiro atoms. The van der Waals surface area contributed by atoms with Crippen LogP contribution in [0.3, 0.4) is 0 Å². The van der Waals surface area contributed by atoms with Gasteiger partial charge in [0.25, 0.3) is 0 Å². The van der Waals surface area contributed by atoms with Crippen molar-refractivity contribution >= 4 is 39.5 Å². The summed E-state index contributed by atoms with van der Waals surface area (Å²) in [7, 11) is 2.19. The molecule has 8 nitrogen and oxygen atoms in total. The number of aryl methyl sites for hydroxylation is 2. The molecule has 208 valence electrons. The van der Waals surface area contributed by atoms with Crippen LogP contribution in [-0.4, -0.2) is 72.4 Å². The molecule has 0 bridgehead atoms. The minimum Gasteiger partial charge on any atom is -0.493 e. The van der Waals surface area contributed by atoms with Crippen LogP contribution >= 0.6 is 11.3 Å². The van der Waals surface area contributed by atoms with Crippen molar-refractivity contribution in [3.63, 3.8) is 0 Å². The molecule has 1 fully saturated rings. The van der Waals surface area contributed by atoms with E-state index in [1.807, 2.05) is 17.3 Å². The first-order chi connectivity index (χ1) is 19.5. The lowest BCUT2D eigenvalue weighted by molar-refractivity contribution is 0.145. The normalized spacial score (nSPS) is 18.2. The zero-order valence-electron chi connectivity index (χ0n) is 23.5. The van der Waals surface area contributed by atoms with Gasteiger partial charge in [-0.25, -0.2) is 9.99 Å². The first kappa shape index (κ1) is 26.7. The lowest BCUT2D eigenvalue weighted by Crippen LogP contribution is -2.44. The molecule has 1 unspecified atom stereocenters. The monoisotopic (exact) mass is 555 g/mol. The number of nitrogens with zero attached hydrogens (tertiary/aromatic N) is 6. The number of hydrogen-bond acceptors (Lipinski definition) is 9. The Labute approximate surface area is 240 Å². The van der Waals surface area contributed by atoms with E-state index in [-0.39, 0.29) is 12.0 Å². The van der Waals surface area contributed by atoms with E-state index in [1.54, 1.807) is 11.3 Å². The van der Waals surface area contributed by atoms with Crippen LogP contribution in [0.4, 0.5) is 11.8 Å². The van der Waals surface area contributed by atoms with Gasteiger partial charge < -0.3 is 20.3 Å². The smallest absolute Gasteiger partial charge is 0.222 e. The summed E-state index contributed by atoms with van der Waals surface area (Å²) in [6, 6.07) is 17.0. The third kappa shape index (κ3) is 5.54. The number of nitrogen functional groups attached to an aromatic ring is 1. The van der Waals surface area contributed by atoms with Crippen molar-refractivity contribution < 1.29 is 4.74 Å². The maximum Gasteiger partial charge on any atom is 0.222 e. The maximum atomic E-state index is 6.29. The molecule has 0 amide bonds. The van der Waals surface area contributed by atoms with Gasteiger partial charge in [0.05, 0.1) is 22.9 Å². The summed E-state index contributed by atoms with van der Waals surface area (Å²) >= 11 is 1.68. The van der Waals surface area contributed by atoms with Gasteiger partial charge in [0.15, 0.2) is 5.82 Å². The number of hydrazone groups is 1. The van der Waals surface area contributed by atoms with E-state index < -0.39 is 0 Å². The fraction of sp³-hybridized carbons (Fsp3) is 0.387. The van der Waals surface area contributed by atoms with E-state index in [4.69, 9.17) is 15.6 Å². The molecule has 0 saturated carbocycles. The molecule has 9 heteroatoms. The summed E-state index contributed by atoms with van der Waals surface area (Å²) < 4.78 is 7.28. The van der Waals surface area contributed by atoms with Gasteiger partial charge in [-0.2, -0.15) is 10.1 Å². The van der Waals surface area contributed by atoms with Crippen LogP contribution in [0.1, 0.15) is 35.6 Å². The predicted octanol–water partition coefficient (Wildman–Crippen LogP) is 5.51. The van der Waals surface area contributed by atoms with Gasteiger partial charge >= 0.3 is 0 Å². The predicted molar refractivity (Wildman–Crippen MR) is 166 cm³/mol. The number of anilines is 2. The third-order valence-corrected chi connectivity index (χ3v) is 8.98. The highest BCUT2D eigenvalue weighted by molar-refractivity contribution is 7.22. The minimum atomic E-state index is 0.0847. The molecule has 4 aromatic rings. The van der Waals surface area contributed by atoms with E-state index in [2.05, 4.69) is 83.1 Å². The van der Waals surface area contributed by atoms with Crippen molar-refractivity contribution in [2.24, 2.45) is 5.10 Å². The van der Waals surface area contributed by atoms with Gasteiger partial charge in [0.1, 0.15) is 5.75 Å². The molecule has 2 aliphatic rings. The first-order valence-corrected chi connectivity index (χ1v) is 14.9. The number of aromatic nitrogens is 2. The highest BCUT2D eigenvalue weighted by Crippen LogP contribution is 2.42. The molecule has 0 radical (unpaired) electrons. The average molecular weight is 556 g/mol. The largest absolute Gasteiger partial charge is 0.493 e. The second-order valence-corrected chi connectivity index (χ2v) is 11.9. The second-order valence-electron chi connectivity index (χ2n) is 10.8. The third-order valence-electron chi connectivity index (χ3n) is 7.81. The van der Waals surface area contributed by atoms with Crippen LogP contribution in [0, 0.1) is 13.8 Å². The Morgan fingerprint density at radius 3 is 2.50 bits per heavy atom. The van der Waals surface area contributed by atoms with Crippen molar-refractivity contribution in [3.8, 4) is 16.2 Å². The second kappa shape index (κ2) is 11.5. The number of thiophene rings is 1. The first-order valence-electron chi connectivity index (χ1n) is 14.1. The van der Waals surface area contributed by atoms with E-state index >= 15 is 0 Å². The lowest BCUT2D eigenvalue weighted by atomic mass is 10.0. The summed E-state index contributed by atoms with van der Waals surface area (Å²) in [5, 5.41) is 6.68. The number of likely N-dealkylation sites (N-methyl/N-ethyl adjacent to an activating group) is 1. The zero-order valence-corrected chi connectivity index (χ0v) is 24.3. The summed E-state index contributed by atoms with van der Waals surface area (Å²) in [6.07, 6.45) is 3.81. The van der Waals surface area contributed by atoms with Gasteiger partial charge in [-0.3, -0.25) is 0 Å². The molecule has 1 atom stereocenters. The Hall–Kier alpha value is -3.53. The summed E-state index contributed by atoms with van der Waals surface area (Å²) in [5.74, 6) is 2.01. The fourth-order valence-electron chi connectivity index (χ4n) is 5.65. The Morgan fingerprint density at radius 2 is 1.75 bits per heavy atom. The molecule has 2 aromatic heterocycles. The van der Waals surface area contributed by atoms with Crippen LogP contribution in [0.15, 0.2) is 53.6 Å². The number of fused-ring (bicyclic) bond motifs is 1. The van der Waals surface area contributed by atoms with E-state index in [0.29, 0.717) is 0 Å².